The van der Waals surface area contributed by atoms with E-state index in [2.05, 4.69) is 15.0 Å². The summed E-state index contributed by atoms with van der Waals surface area (Å²) < 4.78 is 44.2. The van der Waals surface area contributed by atoms with E-state index < -0.39 is 29.6 Å². The number of pyridine rings is 1. The Morgan fingerprint density at radius 1 is 1.34 bits per heavy atom. The smallest absolute Gasteiger partial charge is 0.433 e. The zero-order valence-electron chi connectivity index (χ0n) is 17.1. The lowest BCUT2D eigenvalue weighted by Gasteiger charge is -2.31. The molecule has 0 spiro atoms. The highest BCUT2D eigenvalue weighted by molar-refractivity contribution is 5.65. The zero-order valence-corrected chi connectivity index (χ0v) is 17.1. The summed E-state index contributed by atoms with van der Waals surface area (Å²) in [4.78, 5) is 24.5. The van der Waals surface area contributed by atoms with Gasteiger partial charge >= 0.3 is 12.3 Å². The molecule has 0 aromatic carbocycles. The second kappa shape index (κ2) is 8.96. The molecule has 1 unspecified atom stereocenters. The van der Waals surface area contributed by atoms with E-state index in [0.717, 1.165) is 12.1 Å². The molecular formula is C20H21F3N6O3. The van der Waals surface area contributed by atoms with Crippen LogP contribution in [0.15, 0.2) is 24.4 Å². The highest BCUT2D eigenvalue weighted by atomic mass is 19.4. The van der Waals surface area contributed by atoms with Gasteiger partial charge in [-0.05, 0) is 31.4 Å². The Balaban J connectivity index is 1.84. The van der Waals surface area contributed by atoms with E-state index in [9.17, 15) is 23.2 Å². The highest BCUT2D eigenvalue weighted by Gasteiger charge is 2.35. The minimum Gasteiger partial charge on any atom is -0.465 e. The van der Waals surface area contributed by atoms with Crippen LogP contribution in [0, 0.1) is 18.3 Å². The third kappa shape index (κ3) is 5.42. The van der Waals surface area contributed by atoms with Gasteiger partial charge < -0.3 is 14.7 Å². The third-order valence-electron chi connectivity index (χ3n) is 5.11. The Bertz CT molecular complexity index is 1030. The van der Waals surface area contributed by atoms with Gasteiger partial charge in [-0.3, -0.25) is 5.73 Å². The predicted molar refractivity (Wildman–Crippen MR) is 104 cm³/mol. The van der Waals surface area contributed by atoms with Crippen molar-refractivity contribution in [2.45, 2.75) is 44.0 Å². The van der Waals surface area contributed by atoms with Gasteiger partial charge in [0, 0.05) is 37.7 Å². The molecule has 2 aromatic rings. The number of halogens is 3. The van der Waals surface area contributed by atoms with Crippen molar-refractivity contribution in [1.29, 1.82) is 5.26 Å². The summed E-state index contributed by atoms with van der Waals surface area (Å²) in [6.45, 7) is 2.36. The van der Waals surface area contributed by atoms with Gasteiger partial charge in [0.25, 0.3) is 5.72 Å². The van der Waals surface area contributed by atoms with Gasteiger partial charge in [0.1, 0.15) is 17.6 Å². The molecule has 9 nitrogen and oxygen atoms in total. The number of likely N-dealkylation sites (tertiary alicyclic amines) is 1. The molecule has 2 aromatic heterocycles. The molecule has 32 heavy (non-hydrogen) atoms. The molecule has 3 rings (SSSR count). The van der Waals surface area contributed by atoms with Crippen LogP contribution in [-0.4, -0.2) is 49.9 Å². The first kappa shape index (κ1) is 23.2. The van der Waals surface area contributed by atoms with Crippen LogP contribution in [0.2, 0.25) is 0 Å². The number of carbonyl (C=O) groups is 1. The summed E-state index contributed by atoms with van der Waals surface area (Å²) in [5.41, 5.74) is 4.00. The molecule has 1 atom stereocenters. The minimum atomic E-state index is -4.67. The van der Waals surface area contributed by atoms with Gasteiger partial charge in [-0.25, -0.2) is 19.7 Å². The van der Waals surface area contributed by atoms with Crippen molar-refractivity contribution >= 4 is 6.09 Å². The Labute approximate surface area is 181 Å². The predicted octanol–water partition coefficient (Wildman–Crippen LogP) is 2.86. The van der Waals surface area contributed by atoms with Crippen molar-refractivity contribution in [2.24, 2.45) is 5.73 Å². The number of amides is 1. The number of hydrogen-bond donors (Lipinski definition) is 2. The molecule has 1 aliphatic rings. The van der Waals surface area contributed by atoms with Crippen molar-refractivity contribution < 1.29 is 27.8 Å². The molecule has 0 bridgehead atoms. The number of aromatic nitrogens is 3. The normalized spacial score (nSPS) is 16.8. The summed E-state index contributed by atoms with van der Waals surface area (Å²) in [7, 11) is 0. The summed E-state index contributed by atoms with van der Waals surface area (Å²) in [6.07, 6.45) is -3.31. The number of nitrogens with zero attached hydrogens (tertiary/aromatic N) is 5. The fraction of sp³-hybridized carbons (Fsp3) is 0.450. The molecule has 12 heteroatoms. The van der Waals surface area contributed by atoms with Crippen LogP contribution < -0.4 is 10.5 Å². The van der Waals surface area contributed by atoms with Crippen molar-refractivity contribution in [2.75, 3.05) is 13.1 Å². The van der Waals surface area contributed by atoms with Gasteiger partial charge in [0.05, 0.1) is 5.69 Å². The van der Waals surface area contributed by atoms with Crippen LogP contribution in [0.4, 0.5) is 18.0 Å². The van der Waals surface area contributed by atoms with E-state index in [4.69, 9.17) is 15.6 Å². The van der Waals surface area contributed by atoms with Crippen molar-refractivity contribution in [3.8, 4) is 11.9 Å². The second-order valence-corrected chi connectivity index (χ2v) is 7.51. The molecular weight excluding hydrogens is 429 g/mol. The number of aryl methyl sites for hydroxylation is 1. The fourth-order valence-corrected chi connectivity index (χ4v) is 3.54. The maximum absolute atomic E-state index is 12.9. The summed E-state index contributed by atoms with van der Waals surface area (Å²) >= 11 is 0. The maximum atomic E-state index is 12.9. The van der Waals surface area contributed by atoms with Gasteiger partial charge in [0.2, 0.25) is 5.88 Å². The molecule has 1 aliphatic heterocycles. The molecule has 0 saturated carbocycles. The van der Waals surface area contributed by atoms with Crippen LogP contribution in [0.3, 0.4) is 0 Å². The maximum Gasteiger partial charge on any atom is 0.433 e. The number of ether oxygens (including phenoxy) is 1. The number of nitriles is 1. The minimum absolute atomic E-state index is 0.0862. The van der Waals surface area contributed by atoms with Crippen LogP contribution in [0.25, 0.3) is 0 Å². The zero-order chi connectivity index (χ0) is 23.5. The van der Waals surface area contributed by atoms with Crippen molar-refractivity contribution in [1.82, 2.24) is 19.9 Å². The monoisotopic (exact) mass is 450 g/mol. The van der Waals surface area contributed by atoms with Crippen LogP contribution in [0.5, 0.6) is 5.88 Å². The molecule has 3 N–H and O–H groups in total. The number of nitrogens with two attached hydrogens (primary N) is 1. The van der Waals surface area contributed by atoms with E-state index >= 15 is 0 Å². The van der Waals surface area contributed by atoms with Gasteiger partial charge in [-0.15, -0.1) is 0 Å². The van der Waals surface area contributed by atoms with Gasteiger partial charge in [-0.1, -0.05) is 6.07 Å². The number of hydrogen-bond acceptors (Lipinski definition) is 7. The van der Waals surface area contributed by atoms with Crippen LogP contribution in [0.1, 0.15) is 41.5 Å². The number of piperidine rings is 1. The lowest BCUT2D eigenvalue weighted by atomic mass is 9.89. The molecule has 0 aliphatic carbocycles. The standard InChI is InChI=1S/C20H21F3N6O3/c1-12-26-10-14(17(27-12)13-5-7-29(8-6-13)18(30)31)9-19(25,11-24)32-16-4-2-3-15(28-16)20(21,22)23/h2-4,10,13H,5-9,25H2,1H3,(H,30,31). The highest BCUT2D eigenvalue weighted by Crippen LogP contribution is 2.32. The second-order valence-electron chi connectivity index (χ2n) is 7.51. The summed E-state index contributed by atoms with van der Waals surface area (Å²) in [5.74, 6) is -0.0328. The summed E-state index contributed by atoms with van der Waals surface area (Å²) in [5, 5.41) is 18.8. The van der Waals surface area contributed by atoms with E-state index in [1.54, 1.807) is 13.0 Å². The molecule has 170 valence electrons. The third-order valence-corrected chi connectivity index (χ3v) is 5.11. The van der Waals surface area contributed by atoms with Gasteiger partial charge in [0.15, 0.2) is 0 Å². The lowest BCUT2D eigenvalue weighted by molar-refractivity contribution is -0.141. The van der Waals surface area contributed by atoms with Gasteiger partial charge in [-0.2, -0.15) is 18.4 Å². The molecule has 3 heterocycles. The first-order chi connectivity index (χ1) is 15.0. The SMILES string of the molecule is Cc1ncc(CC(N)(C#N)Oc2cccc(C(F)(F)F)n2)c(C2CCN(C(=O)O)CC2)n1. The van der Waals surface area contributed by atoms with Crippen LogP contribution in [-0.2, 0) is 12.6 Å². The van der Waals surface area contributed by atoms with E-state index in [0.29, 0.717) is 43.0 Å². The van der Waals surface area contributed by atoms with E-state index in [1.165, 1.54) is 17.2 Å². The Hall–Kier alpha value is -3.46. The van der Waals surface area contributed by atoms with Crippen molar-refractivity contribution in [3.63, 3.8) is 0 Å². The Kier molecular flexibility index (Phi) is 6.50. The van der Waals surface area contributed by atoms with E-state index in [1.807, 2.05) is 0 Å². The lowest BCUT2D eigenvalue weighted by Crippen LogP contribution is -2.47. The van der Waals surface area contributed by atoms with Crippen LogP contribution >= 0.6 is 0 Å². The Morgan fingerprint density at radius 3 is 2.62 bits per heavy atom. The molecule has 1 saturated heterocycles. The Morgan fingerprint density at radius 2 is 2.03 bits per heavy atom. The molecule has 0 radical (unpaired) electrons. The number of alkyl halides is 3. The van der Waals surface area contributed by atoms with Crippen molar-refractivity contribution in [3.05, 3.63) is 47.2 Å². The van der Waals surface area contributed by atoms with E-state index in [-0.39, 0.29) is 12.3 Å². The fourth-order valence-electron chi connectivity index (χ4n) is 3.54. The quantitative estimate of drug-likeness (QED) is 0.663. The topological polar surface area (TPSA) is 138 Å². The average Bonchev–Trinajstić information content (AvgIpc) is 2.74. The number of rotatable bonds is 5. The largest absolute Gasteiger partial charge is 0.465 e. The summed E-state index contributed by atoms with van der Waals surface area (Å²) in [6, 6.07) is 4.87. The first-order valence-electron chi connectivity index (χ1n) is 9.74. The molecule has 1 fully saturated rings. The molecule has 1 amide bonds. The average molecular weight is 450 g/mol. The number of carboxylic acid groups (broad SMARTS) is 1. The first-order valence-corrected chi connectivity index (χ1v) is 9.74.